The first kappa shape index (κ1) is 14.6. The number of hydrogen-bond donors (Lipinski definition) is 1. The first-order valence-corrected chi connectivity index (χ1v) is 7.78. The average Bonchev–Trinajstić information content (AvgIpc) is 2.56. The van der Waals surface area contributed by atoms with Crippen LogP contribution in [0.1, 0.15) is 36.4 Å². The molecule has 1 saturated heterocycles. The van der Waals surface area contributed by atoms with Crippen LogP contribution in [0.2, 0.25) is 0 Å². The fourth-order valence-corrected chi connectivity index (χ4v) is 3.01. The van der Waals surface area contributed by atoms with Crippen molar-refractivity contribution >= 4 is 11.7 Å². The number of rotatable bonds is 2. The maximum absolute atomic E-state index is 12.7. The number of piperidine rings is 1. The normalized spacial score (nSPS) is 18.0. The van der Waals surface area contributed by atoms with Crippen LogP contribution < -0.4 is 5.32 Å². The Balaban J connectivity index is 1.77. The van der Waals surface area contributed by atoms with Crippen LogP contribution >= 0.6 is 0 Å². The number of anilines is 1. The number of urea groups is 1. The van der Waals surface area contributed by atoms with Crippen molar-refractivity contribution in [2.75, 3.05) is 11.9 Å². The zero-order valence-electron chi connectivity index (χ0n) is 12.8. The highest BCUT2D eigenvalue weighted by Gasteiger charge is 2.28. The molecule has 0 bridgehead atoms. The van der Waals surface area contributed by atoms with E-state index in [-0.39, 0.29) is 12.1 Å². The Hall–Kier alpha value is -2.36. The van der Waals surface area contributed by atoms with E-state index < -0.39 is 0 Å². The average molecular weight is 295 g/mol. The van der Waals surface area contributed by atoms with Gasteiger partial charge < -0.3 is 10.2 Å². The van der Waals surface area contributed by atoms with Gasteiger partial charge in [0.2, 0.25) is 0 Å². The molecule has 2 aromatic rings. The first-order chi connectivity index (χ1) is 10.7. The summed E-state index contributed by atoms with van der Waals surface area (Å²) >= 11 is 0. The quantitative estimate of drug-likeness (QED) is 0.904. The highest BCUT2D eigenvalue weighted by Crippen LogP contribution is 2.30. The van der Waals surface area contributed by atoms with Crippen LogP contribution in [0.5, 0.6) is 0 Å². The van der Waals surface area contributed by atoms with Gasteiger partial charge in [0.15, 0.2) is 0 Å². The summed E-state index contributed by atoms with van der Waals surface area (Å²) in [5, 5.41) is 3.02. The number of nitrogens with zero attached hydrogens (tertiary/aromatic N) is 2. The molecule has 0 saturated carbocycles. The lowest BCUT2D eigenvalue weighted by atomic mass is 9.97. The summed E-state index contributed by atoms with van der Waals surface area (Å²) in [5.74, 6) is 0. The Bertz CT molecular complexity index is 642. The molecule has 4 nitrogen and oxygen atoms in total. The van der Waals surface area contributed by atoms with Crippen LogP contribution in [-0.4, -0.2) is 22.5 Å². The van der Waals surface area contributed by atoms with Crippen molar-refractivity contribution in [1.82, 2.24) is 9.88 Å². The Morgan fingerprint density at radius 1 is 1.27 bits per heavy atom. The molecule has 4 heteroatoms. The van der Waals surface area contributed by atoms with Crippen LogP contribution in [0.3, 0.4) is 0 Å². The fourth-order valence-electron chi connectivity index (χ4n) is 3.01. The highest BCUT2D eigenvalue weighted by atomic mass is 16.2. The SMILES string of the molecule is Cc1cccc(NC(=O)N2CCCC[C@H]2c2cccnc2)c1. The molecule has 1 N–H and O–H groups in total. The number of pyridine rings is 1. The molecule has 1 atom stereocenters. The van der Waals surface area contributed by atoms with E-state index in [1.165, 1.54) is 0 Å². The van der Waals surface area contributed by atoms with Crippen LogP contribution in [0.15, 0.2) is 48.8 Å². The van der Waals surface area contributed by atoms with E-state index in [2.05, 4.69) is 16.4 Å². The lowest BCUT2D eigenvalue weighted by Crippen LogP contribution is -2.41. The molecular formula is C18H21N3O. The van der Waals surface area contributed by atoms with Crippen molar-refractivity contribution in [3.63, 3.8) is 0 Å². The maximum Gasteiger partial charge on any atom is 0.322 e. The number of aromatic nitrogens is 1. The minimum atomic E-state index is -0.0286. The molecule has 1 aliphatic heterocycles. The number of likely N-dealkylation sites (tertiary alicyclic amines) is 1. The number of nitrogens with one attached hydrogen (secondary N) is 1. The highest BCUT2D eigenvalue weighted by molar-refractivity contribution is 5.89. The molecule has 0 unspecified atom stereocenters. The third kappa shape index (κ3) is 3.27. The van der Waals surface area contributed by atoms with Crippen molar-refractivity contribution in [3.8, 4) is 0 Å². The number of amides is 2. The van der Waals surface area contributed by atoms with E-state index in [4.69, 9.17) is 0 Å². The second-order valence-corrected chi connectivity index (χ2v) is 5.79. The van der Waals surface area contributed by atoms with E-state index in [0.29, 0.717) is 0 Å². The monoisotopic (exact) mass is 295 g/mol. The second-order valence-electron chi connectivity index (χ2n) is 5.79. The maximum atomic E-state index is 12.7. The molecule has 3 rings (SSSR count). The lowest BCUT2D eigenvalue weighted by molar-refractivity contribution is 0.163. The van der Waals surface area contributed by atoms with Crippen molar-refractivity contribution in [1.29, 1.82) is 0 Å². The van der Waals surface area contributed by atoms with Gasteiger partial charge in [0.25, 0.3) is 0 Å². The summed E-state index contributed by atoms with van der Waals surface area (Å²) in [6, 6.07) is 12.0. The summed E-state index contributed by atoms with van der Waals surface area (Å²) in [5.41, 5.74) is 3.10. The second kappa shape index (κ2) is 6.60. The van der Waals surface area contributed by atoms with Gasteiger partial charge in [-0.05, 0) is 55.5 Å². The van der Waals surface area contributed by atoms with Crippen LogP contribution in [0.4, 0.5) is 10.5 Å². The molecule has 2 amide bonds. The van der Waals surface area contributed by atoms with Crippen molar-refractivity contribution in [2.24, 2.45) is 0 Å². The van der Waals surface area contributed by atoms with Crippen LogP contribution in [-0.2, 0) is 0 Å². The van der Waals surface area contributed by atoms with Gasteiger partial charge in [-0.25, -0.2) is 4.79 Å². The third-order valence-corrected chi connectivity index (χ3v) is 4.10. The predicted octanol–water partition coefficient (Wildman–Crippen LogP) is 4.15. The Labute approximate surface area is 131 Å². The largest absolute Gasteiger partial charge is 0.322 e. The number of aryl methyl sites for hydroxylation is 1. The summed E-state index contributed by atoms with van der Waals surface area (Å²) in [4.78, 5) is 18.8. The van der Waals surface area contributed by atoms with Gasteiger partial charge in [-0.3, -0.25) is 4.98 Å². The van der Waals surface area contributed by atoms with Gasteiger partial charge in [-0.15, -0.1) is 0 Å². The van der Waals surface area contributed by atoms with E-state index in [9.17, 15) is 4.79 Å². The van der Waals surface area contributed by atoms with Crippen molar-refractivity contribution < 1.29 is 4.79 Å². The van der Waals surface area contributed by atoms with Gasteiger partial charge in [-0.1, -0.05) is 18.2 Å². The Kier molecular flexibility index (Phi) is 4.37. The molecule has 1 aliphatic rings. The van der Waals surface area contributed by atoms with E-state index in [1.54, 1.807) is 6.20 Å². The first-order valence-electron chi connectivity index (χ1n) is 7.78. The van der Waals surface area contributed by atoms with E-state index in [0.717, 1.165) is 42.6 Å². The molecule has 0 aliphatic carbocycles. The molecule has 0 radical (unpaired) electrons. The summed E-state index contributed by atoms with van der Waals surface area (Å²) in [6.45, 7) is 2.81. The minimum Gasteiger partial charge on any atom is -0.317 e. The molecule has 2 heterocycles. The number of carbonyl (C=O) groups is 1. The number of hydrogen-bond acceptors (Lipinski definition) is 2. The third-order valence-electron chi connectivity index (χ3n) is 4.10. The van der Waals surface area contributed by atoms with Gasteiger partial charge in [0, 0.05) is 24.6 Å². The molecule has 1 aromatic carbocycles. The number of benzene rings is 1. The molecule has 0 spiro atoms. The van der Waals surface area contributed by atoms with Crippen molar-refractivity contribution in [3.05, 3.63) is 59.9 Å². The van der Waals surface area contributed by atoms with Crippen molar-refractivity contribution in [2.45, 2.75) is 32.2 Å². The van der Waals surface area contributed by atoms with E-state index >= 15 is 0 Å². The fraction of sp³-hybridized carbons (Fsp3) is 0.333. The standard InChI is InChI=1S/C18H21N3O/c1-14-6-4-8-16(12-14)20-18(22)21-11-3-2-9-17(21)15-7-5-10-19-13-15/h4-8,10,12-13,17H,2-3,9,11H2,1H3,(H,20,22)/t17-/m0/s1. The van der Waals surface area contributed by atoms with E-state index in [1.807, 2.05) is 48.4 Å². The van der Waals surface area contributed by atoms with Gasteiger partial charge >= 0.3 is 6.03 Å². The topological polar surface area (TPSA) is 45.2 Å². The molecule has 22 heavy (non-hydrogen) atoms. The minimum absolute atomic E-state index is 0.0286. The molecular weight excluding hydrogens is 274 g/mol. The Morgan fingerprint density at radius 3 is 2.95 bits per heavy atom. The van der Waals surface area contributed by atoms with Gasteiger partial charge in [-0.2, -0.15) is 0 Å². The zero-order valence-corrected chi connectivity index (χ0v) is 12.8. The van der Waals surface area contributed by atoms with Gasteiger partial charge in [0.05, 0.1) is 6.04 Å². The summed E-state index contributed by atoms with van der Waals surface area (Å²) in [7, 11) is 0. The zero-order chi connectivity index (χ0) is 15.4. The lowest BCUT2D eigenvalue weighted by Gasteiger charge is -2.35. The Morgan fingerprint density at radius 2 is 2.18 bits per heavy atom. The summed E-state index contributed by atoms with van der Waals surface area (Å²) < 4.78 is 0. The predicted molar refractivity (Wildman–Crippen MR) is 87.7 cm³/mol. The smallest absolute Gasteiger partial charge is 0.317 e. The molecule has 1 aromatic heterocycles. The molecule has 114 valence electrons. The molecule has 1 fully saturated rings. The van der Waals surface area contributed by atoms with Crippen LogP contribution in [0, 0.1) is 6.92 Å². The van der Waals surface area contributed by atoms with Gasteiger partial charge in [0.1, 0.15) is 0 Å². The van der Waals surface area contributed by atoms with Crippen LogP contribution in [0.25, 0.3) is 0 Å². The summed E-state index contributed by atoms with van der Waals surface area (Å²) in [6.07, 6.45) is 6.82. The number of carbonyl (C=O) groups excluding carboxylic acids is 1.